The molecule has 1 aromatic carbocycles. The number of aromatic nitrogens is 1. The average molecular weight is 412 g/mol. The van der Waals surface area contributed by atoms with Crippen molar-refractivity contribution in [2.75, 3.05) is 11.9 Å². The molecule has 3 amide bonds. The minimum absolute atomic E-state index is 0.181. The Morgan fingerprint density at radius 2 is 1.96 bits per heavy atom. The van der Waals surface area contributed by atoms with E-state index in [0.29, 0.717) is 22.7 Å². The monoisotopic (exact) mass is 411 g/mol. The second kappa shape index (κ2) is 7.65. The zero-order valence-electron chi connectivity index (χ0n) is 15.1. The Hall–Kier alpha value is -2.84. The Bertz CT molecular complexity index is 1060. The molecule has 0 saturated heterocycles. The van der Waals surface area contributed by atoms with Gasteiger partial charge in [-0.1, -0.05) is 17.7 Å². The molecular formula is C20H17N3O3S2. The van der Waals surface area contributed by atoms with E-state index >= 15 is 0 Å². The predicted molar refractivity (Wildman–Crippen MR) is 110 cm³/mol. The molecule has 0 atom stereocenters. The van der Waals surface area contributed by atoms with Crippen LogP contribution in [-0.4, -0.2) is 34.2 Å². The van der Waals surface area contributed by atoms with Crippen LogP contribution >= 0.6 is 22.7 Å². The molecule has 6 nitrogen and oxygen atoms in total. The lowest BCUT2D eigenvalue weighted by molar-refractivity contribution is -0.116. The SMILES string of the molecule is Cc1ccc2c(c1)C(=O)N(CCCC(=O)Nc1nc(-c3cccs3)cs1)C2=O. The van der Waals surface area contributed by atoms with Crippen LogP contribution in [-0.2, 0) is 4.79 Å². The summed E-state index contributed by atoms with van der Waals surface area (Å²) >= 11 is 2.97. The first kappa shape index (κ1) is 18.5. The molecule has 0 aliphatic carbocycles. The van der Waals surface area contributed by atoms with E-state index in [1.165, 1.54) is 16.2 Å². The lowest BCUT2D eigenvalue weighted by Crippen LogP contribution is -2.31. The summed E-state index contributed by atoms with van der Waals surface area (Å²) in [5.74, 6) is -0.759. The molecule has 142 valence electrons. The van der Waals surface area contributed by atoms with Gasteiger partial charge in [-0.05, 0) is 36.9 Å². The van der Waals surface area contributed by atoms with E-state index in [9.17, 15) is 14.4 Å². The number of thiazole rings is 1. The molecule has 2 aromatic heterocycles. The van der Waals surface area contributed by atoms with E-state index in [1.54, 1.807) is 23.5 Å². The van der Waals surface area contributed by atoms with Crippen LogP contribution in [0.3, 0.4) is 0 Å². The highest BCUT2D eigenvalue weighted by Gasteiger charge is 2.34. The molecule has 0 fully saturated rings. The van der Waals surface area contributed by atoms with Crippen molar-refractivity contribution in [3.8, 4) is 10.6 Å². The molecule has 0 radical (unpaired) electrons. The number of benzene rings is 1. The van der Waals surface area contributed by atoms with Gasteiger partial charge in [0.05, 0.1) is 21.7 Å². The largest absolute Gasteiger partial charge is 0.302 e. The maximum atomic E-state index is 12.4. The Morgan fingerprint density at radius 3 is 2.75 bits per heavy atom. The maximum absolute atomic E-state index is 12.4. The van der Waals surface area contributed by atoms with Gasteiger partial charge in [0.2, 0.25) is 5.91 Å². The summed E-state index contributed by atoms with van der Waals surface area (Å²) in [7, 11) is 0. The van der Waals surface area contributed by atoms with E-state index in [0.717, 1.165) is 16.1 Å². The van der Waals surface area contributed by atoms with Gasteiger partial charge in [-0.15, -0.1) is 22.7 Å². The fourth-order valence-electron chi connectivity index (χ4n) is 3.06. The van der Waals surface area contributed by atoms with Crippen molar-refractivity contribution < 1.29 is 14.4 Å². The Balaban J connectivity index is 1.30. The van der Waals surface area contributed by atoms with Gasteiger partial charge in [-0.2, -0.15) is 0 Å². The fraction of sp³-hybridized carbons (Fsp3) is 0.200. The Labute approximate surface area is 169 Å². The van der Waals surface area contributed by atoms with E-state index in [1.807, 2.05) is 35.9 Å². The number of carbonyl (C=O) groups excluding carboxylic acids is 3. The molecule has 3 aromatic rings. The number of rotatable bonds is 6. The quantitative estimate of drug-likeness (QED) is 0.617. The van der Waals surface area contributed by atoms with Gasteiger partial charge in [-0.25, -0.2) is 4.98 Å². The average Bonchev–Trinajstić information content (AvgIpc) is 3.39. The highest BCUT2D eigenvalue weighted by atomic mass is 32.1. The smallest absolute Gasteiger partial charge is 0.261 e. The second-order valence-electron chi connectivity index (χ2n) is 6.48. The summed E-state index contributed by atoms with van der Waals surface area (Å²) in [4.78, 5) is 43.7. The third-order valence-corrected chi connectivity index (χ3v) is 6.09. The number of nitrogens with one attached hydrogen (secondary N) is 1. The lowest BCUT2D eigenvalue weighted by Gasteiger charge is -2.13. The van der Waals surface area contributed by atoms with Gasteiger partial charge >= 0.3 is 0 Å². The molecule has 1 aliphatic rings. The van der Waals surface area contributed by atoms with E-state index in [-0.39, 0.29) is 30.7 Å². The third-order valence-electron chi connectivity index (χ3n) is 4.44. The zero-order chi connectivity index (χ0) is 19.7. The summed E-state index contributed by atoms with van der Waals surface area (Å²) in [5.41, 5.74) is 2.66. The molecule has 1 aliphatic heterocycles. The van der Waals surface area contributed by atoms with Crippen molar-refractivity contribution in [1.82, 2.24) is 9.88 Å². The van der Waals surface area contributed by atoms with Crippen LogP contribution < -0.4 is 5.32 Å². The number of amides is 3. The van der Waals surface area contributed by atoms with Crippen molar-refractivity contribution in [2.45, 2.75) is 19.8 Å². The molecule has 0 unspecified atom stereocenters. The summed E-state index contributed by atoms with van der Waals surface area (Å²) < 4.78 is 0. The van der Waals surface area contributed by atoms with Crippen molar-refractivity contribution >= 4 is 45.5 Å². The second-order valence-corrected chi connectivity index (χ2v) is 8.28. The van der Waals surface area contributed by atoms with Crippen LogP contribution in [0.4, 0.5) is 5.13 Å². The molecule has 1 N–H and O–H groups in total. The highest BCUT2D eigenvalue weighted by Crippen LogP contribution is 2.28. The summed E-state index contributed by atoms with van der Waals surface area (Å²) in [6.45, 7) is 2.10. The molecule has 0 spiro atoms. The molecule has 0 saturated carbocycles. The normalized spacial score (nSPS) is 13.1. The number of carbonyl (C=O) groups is 3. The number of nitrogens with zero attached hydrogens (tertiary/aromatic N) is 2. The van der Waals surface area contributed by atoms with Crippen molar-refractivity contribution in [3.05, 3.63) is 57.8 Å². The summed E-state index contributed by atoms with van der Waals surface area (Å²) in [5, 5.41) is 7.21. The highest BCUT2D eigenvalue weighted by molar-refractivity contribution is 7.16. The van der Waals surface area contributed by atoms with Gasteiger partial charge < -0.3 is 5.32 Å². The first-order valence-electron chi connectivity index (χ1n) is 8.79. The van der Waals surface area contributed by atoms with Crippen LogP contribution in [0.15, 0.2) is 41.1 Å². The zero-order valence-corrected chi connectivity index (χ0v) is 16.7. The number of fused-ring (bicyclic) bond motifs is 1. The Kier molecular flexibility index (Phi) is 5.06. The predicted octanol–water partition coefficient (Wildman–Crippen LogP) is 4.19. The molecule has 4 rings (SSSR count). The van der Waals surface area contributed by atoms with Crippen LogP contribution in [0.5, 0.6) is 0 Å². The minimum Gasteiger partial charge on any atom is -0.302 e. The van der Waals surface area contributed by atoms with Gasteiger partial charge in [0.1, 0.15) is 0 Å². The van der Waals surface area contributed by atoms with Crippen LogP contribution in [0.25, 0.3) is 10.6 Å². The fourth-order valence-corrected chi connectivity index (χ4v) is 4.54. The first-order valence-corrected chi connectivity index (χ1v) is 10.5. The van der Waals surface area contributed by atoms with Gasteiger partial charge in [0, 0.05) is 18.3 Å². The number of hydrogen-bond acceptors (Lipinski definition) is 6. The van der Waals surface area contributed by atoms with E-state index < -0.39 is 0 Å². The number of thiophene rings is 1. The molecule has 3 heterocycles. The van der Waals surface area contributed by atoms with Crippen molar-refractivity contribution in [2.24, 2.45) is 0 Å². The van der Waals surface area contributed by atoms with Crippen LogP contribution in [0, 0.1) is 6.92 Å². The molecular weight excluding hydrogens is 394 g/mol. The van der Waals surface area contributed by atoms with E-state index in [4.69, 9.17) is 0 Å². The molecule has 0 bridgehead atoms. The number of anilines is 1. The van der Waals surface area contributed by atoms with Crippen molar-refractivity contribution in [1.29, 1.82) is 0 Å². The number of imide groups is 1. The van der Waals surface area contributed by atoms with Crippen LogP contribution in [0.2, 0.25) is 0 Å². The topological polar surface area (TPSA) is 79.4 Å². The standard InChI is InChI=1S/C20H17N3O3S2/c1-12-6-7-13-14(10-12)19(26)23(18(13)25)8-2-5-17(24)22-20-21-15(11-28-20)16-4-3-9-27-16/h3-4,6-7,9-11H,2,5,8H2,1H3,(H,21,22,24). The molecule has 28 heavy (non-hydrogen) atoms. The first-order chi connectivity index (χ1) is 13.5. The summed E-state index contributed by atoms with van der Waals surface area (Å²) in [6.07, 6.45) is 0.611. The Morgan fingerprint density at radius 1 is 1.14 bits per heavy atom. The van der Waals surface area contributed by atoms with Gasteiger partial charge in [-0.3, -0.25) is 19.3 Å². The van der Waals surface area contributed by atoms with Crippen molar-refractivity contribution in [3.63, 3.8) is 0 Å². The maximum Gasteiger partial charge on any atom is 0.261 e. The van der Waals surface area contributed by atoms with Crippen LogP contribution in [0.1, 0.15) is 39.1 Å². The van der Waals surface area contributed by atoms with Gasteiger partial charge in [0.25, 0.3) is 11.8 Å². The van der Waals surface area contributed by atoms with E-state index in [2.05, 4.69) is 10.3 Å². The lowest BCUT2D eigenvalue weighted by atomic mass is 10.1. The third kappa shape index (κ3) is 3.61. The summed E-state index contributed by atoms with van der Waals surface area (Å²) in [6, 6.07) is 9.17. The molecule has 8 heteroatoms. The number of aryl methyl sites for hydroxylation is 1. The minimum atomic E-state index is -0.291. The number of hydrogen-bond donors (Lipinski definition) is 1. The van der Waals surface area contributed by atoms with Gasteiger partial charge in [0.15, 0.2) is 5.13 Å².